The summed E-state index contributed by atoms with van der Waals surface area (Å²) < 4.78 is 10.2. The molecule has 1 aromatic carbocycles. The minimum absolute atomic E-state index is 0.0296. The van der Waals surface area contributed by atoms with E-state index in [0.717, 1.165) is 6.42 Å². The third-order valence-corrected chi connectivity index (χ3v) is 4.66. The Labute approximate surface area is 151 Å². The van der Waals surface area contributed by atoms with Gasteiger partial charge in [-0.25, -0.2) is 4.79 Å². The van der Waals surface area contributed by atoms with Gasteiger partial charge >= 0.3 is 6.16 Å². The fourth-order valence-electron chi connectivity index (χ4n) is 3.02. The fourth-order valence-corrected chi connectivity index (χ4v) is 3.50. The average molecular weight is 374 g/mol. The number of rotatable bonds is 4. The van der Waals surface area contributed by atoms with Gasteiger partial charge in [0.05, 0.1) is 13.0 Å². The molecule has 0 bridgehead atoms. The van der Waals surface area contributed by atoms with E-state index in [-0.39, 0.29) is 30.9 Å². The molecule has 1 saturated heterocycles. The van der Waals surface area contributed by atoms with Crippen LogP contribution >= 0.6 is 23.2 Å². The van der Waals surface area contributed by atoms with Gasteiger partial charge in [0.15, 0.2) is 6.23 Å². The molecule has 1 aliphatic rings. The van der Waals surface area contributed by atoms with E-state index in [4.69, 9.17) is 32.7 Å². The van der Waals surface area contributed by atoms with Crippen LogP contribution in [0.5, 0.6) is 0 Å². The molecule has 1 amide bonds. The molecule has 1 fully saturated rings. The Morgan fingerprint density at radius 2 is 2.00 bits per heavy atom. The van der Waals surface area contributed by atoms with Crippen LogP contribution in [0.25, 0.3) is 0 Å². The Kier molecular flexibility index (Phi) is 6.35. The van der Waals surface area contributed by atoms with Crippen molar-refractivity contribution in [2.75, 3.05) is 6.61 Å². The van der Waals surface area contributed by atoms with Crippen molar-refractivity contribution in [1.82, 2.24) is 4.90 Å². The van der Waals surface area contributed by atoms with E-state index in [0.29, 0.717) is 15.6 Å². The summed E-state index contributed by atoms with van der Waals surface area (Å²) in [6.07, 6.45) is -0.511. The van der Waals surface area contributed by atoms with Gasteiger partial charge in [0.1, 0.15) is 0 Å². The molecule has 3 atom stereocenters. The molecule has 7 heteroatoms. The number of nitrogens with zero attached hydrogens (tertiary/aromatic N) is 1. The summed E-state index contributed by atoms with van der Waals surface area (Å²) in [5.74, 6) is -0.112. The third kappa shape index (κ3) is 4.33. The van der Waals surface area contributed by atoms with Gasteiger partial charge in [-0.3, -0.25) is 4.79 Å². The fraction of sp³-hybridized carbons (Fsp3) is 0.529. The van der Waals surface area contributed by atoms with Crippen LogP contribution in [0.3, 0.4) is 0 Å². The number of benzene rings is 1. The number of halogens is 2. The summed E-state index contributed by atoms with van der Waals surface area (Å²) in [6, 6.07) is 5.00. The first-order chi connectivity index (χ1) is 11.3. The number of ether oxygens (including phenoxy) is 2. The van der Waals surface area contributed by atoms with Crippen LogP contribution in [0.2, 0.25) is 10.0 Å². The molecule has 5 nitrogen and oxygen atoms in total. The Morgan fingerprint density at radius 1 is 1.29 bits per heavy atom. The Balaban J connectivity index is 2.13. The number of amides is 1. The highest BCUT2D eigenvalue weighted by Gasteiger charge is 2.42. The number of hydrogen-bond acceptors (Lipinski definition) is 4. The standard InChI is InChI=1S/C17H21Cl2NO4/c1-4-23-17(22)24-16-10(2)7-11(3)20(16)15(21)8-12-5-6-13(18)9-14(12)19/h5-6,9-11,16H,4,7-8H2,1-3H3. The normalized spacial score (nSPS) is 23.2. The topological polar surface area (TPSA) is 55.8 Å². The van der Waals surface area contributed by atoms with Crippen LogP contribution in [0.4, 0.5) is 4.79 Å². The summed E-state index contributed by atoms with van der Waals surface area (Å²) in [4.78, 5) is 26.0. The number of carbonyl (C=O) groups excluding carboxylic acids is 2. The van der Waals surface area contributed by atoms with Gasteiger partial charge in [0.2, 0.25) is 5.91 Å². The van der Waals surface area contributed by atoms with E-state index < -0.39 is 12.4 Å². The second-order valence-corrected chi connectivity index (χ2v) is 6.81. The third-order valence-electron chi connectivity index (χ3n) is 4.07. The maximum absolute atomic E-state index is 12.8. The molecule has 0 saturated carbocycles. The molecule has 0 N–H and O–H groups in total. The summed E-state index contributed by atoms with van der Waals surface area (Å²) in [6.45, 7) is 5.81. The minimum Gasteiger partial charge on any atom is -0.435 e. The highest BCUT2D eigenvalue weighted by molar-refractivity contribution is 6.35. The lowest BCUT2D eigenvalue weighted by atomic mass is 10.1. The summed E-state index contributed by atoms with van der Waals surface area (Å²) in [5.41, 5.74) is 0.688. The van der Waals surface area contributed by atoms with Gasteiger partial charge < -0.3 is 14.4 Å². The maximum Gasteiger partial charge on any atom is 0.510 e. The second-order valence-electron chi connectivity index (χ2n) is 5.97. The molecule has 0 aliphatic carbocycles. The van der Waals surface area contributed by atoms with Gasteiger partial charge in [-0.05, 0) is 38.0 Å². The van der Waals surface area contributed by atoms with Crippen molar-refractivity contribution in [2.45, 2.75) is 45.9 Å². The lowest BCUT2D eigenvalue weighted by Gasteiger charge is -2.29. The molecule has 1 aliphatic heterocycles. The van der Waals surface area contributed by atoms with Crippen molar-refractivity contribution >= 4 is 35.3 Å². The summed E-state index contributed by atoms with van der Waals surface area (Å²) in [7, 11) is 0. The summed E-state index contributed by atoms with van der Waals surface area (Å²) >= 11 is 12.0. The number of hydrogen-bond donors (Lipinski definition) is 0. The zero-order valence-corrected chi connectivity index (χ0v) is 15.4. The van der Waals surface area contributed by atoms with Gasteiger partial charge in [-0.15, -0.1) is 0 Å². The van der Waals surface area contributed by atoms with Crippen molar-refractivity contribution in [3.05, 3.63) is 33.8 Å². The molecular weight excluding hydrogens is 353 g/mol. The van der Waals surface area contributed by atoms with Crippen LogP contribution in [0.15, 0.2) is 18.2 Å². The van der Waals surface area contributed by atoms with E-state index in [1.165, 1.54) is 0 Å². The molecule has 0 aromatic heterocycles. The lowest BCUT2D eigenvalue weighted by Crippen LogP contribution is -2.44. The van der Waals surface area contributed by atoms with Crippen molar-refractivity contribution in [3.8, 4) is 0 Å². The molecular formula is C17H21Cl2NO4. The first kappa shape index (κ1) is 18.9. The highest BCUT2D eigenvalue weighted by atomic mass is 35.5. The predicted molar refractivity (Wildman–Crippen MR) is 92.2 cm³/mol. The van der Waals surface area contributed by atoms with Crippen molar-refractivity contribution in [3.63, 3.8) is 0 Å². The number of likely N-dealkylation sites (tertiary alicyclic amines) is 1. The Bertz CT molecular complexity index is 623. The molecule has 1 aromatic rings. The molecule has 1 heterocycles. The number of carbonyl (C=O) groups is 2. The Morgan fingerprint density at radius 3 is 2.62 bits per heavy atom. The van der Waals surface area contributed by atoms with E-state index in [1.807, 2.05) is 13.8 Å². The minimum atomic E-state index is -0.759. The van der Waals surface area contributed by atoms with Gasteiger partial charge in [0.25, 0.3) is 0 Å². The summed E-state index contributed by atoms with van der Waals surface area (Å²) in [5, 5.41) is 0.960. The zero-order chi connectivity index (χ0) is 17.9. The zero-order valence-electron chi connectivity index (χ0n) is 13.9. The van der Waals surface area contributed by atoms with Crippen molar-refractivity contribution in [2.24, 2.45) is 5.92 Å². The molecule has 0 radical (unpaired) electrons. The van der Waals surface area contributed by atoms with Gasteiger partial charge in [-0.2, -0.15) is 0 Å². The SMILES string of the molecule is CCOC(=O)OC1C(C)CC(C)N1C(=O)Cc1ccc(Cl)cc1Cl. The van der Waals surface area contributed by atoms with E-state index >= 15 is 0 Å². The Hall–Kier alpha value is -1.46. The van der Waals surface area contributed by atoms with E-state index in [9.17, 15) is 9.59 Å². The van der Waals surface area contributed by atoms with E-state index in [1.54, 1.807) is 30.0 Å². The largest absolute Gasteiger partial charge is 0.510 e. The van der Waals surface area contributed by atoms with Crippen LogP contribution < -0.4 is 0 Å². The first-order valence-electron chi connectivity index (χ1n) is 7.92. The smallest absolute Gasteiger partial charge is 0.435 e. The predicted octanol–water partition coefficient (Wildman–Crippen LogP) is 4.29. The second kappa shape index (κ2) is 8.08. The molecule has 132 valence electrons. The van der Waals surface area contributed by atoms with Crippen molar-refractivity contribution < 1.29 is 19.1 Å². The van der Waals surface area contributed by atoms with Crippen molar-refractivity contribution in [1.29, 1.82) is 0 Å². The van der Waals surface area contributed by atoms with Crippen LogP contribution in [-0.2, 0) is 20.7 Å². The molecule has 0 spiro atoms. The monoisotopic (exact) mass is 373 g/mol. The van der Waals surface area contributed by atoms with Gasteiger partial charge in [-0.1, -0.05) is 36.2 Å². The average Bonchev–Trinajstić information content (AvgIpc) is 2.76. The van der Waals surface area contributed by atoms with Gasteiger partial charge in [0, 0.05) is 22.0 Å². The molecule has 24 heavy (non-hydrogen) atoms. The first-order valence-corrected chi connectivity index (χ1v) is 8.67. The van der Waals surface area contributed by atoms with Crippen LogP contribution in [-0.4, -0.2) is 35.8 Å². The van der Waals surface area contributed by atoms with E-state index in [2.05, 4.69) is 0 Å². The molecule has 3 unspecified atom stereocenters. The maximum atomic E-state index is 12.8. The van der Waals surface area contributed by atoms with Crippen LogP contribution in [0, 0.1) is 5.92 Å². The quantitative estimate of drug-likeness (QED) is 0.738. The highest BCUT2D eigenvalue weighted by Crippen LogP contribution is 2.32. The van der Waals surface area contributed by atoms with Crippen LogP contribution in [0.1, 0.15) is 32.8 Å². The lowest BCUT2D eigenvalue weighted by molar-refractivity contribution is -0.142. The molecule has 2 rings (SSSR count).